The second kappa shape index (κ2) is 6.87. The van der Waals surface area contributed by atoms with Crippen LogP contribution in [0.25, 0.3) is 10.1 Å². The zero-order valence-corrected chi connectivity index (χ0v) is 14.2. The molecule has 0 spiro atoms. The number of thiophene rings is 1. The molecule has 0 saturated carbocycles. The fourth-order valence-corrected chi connectivity index (χ4v) is 3.97. The van der Waals surface area contributed by atoms with Crippen LogP contribution < -0.4 is 5.32 Å². The lowest BCUT2D eigenvalue weighted by Gasteiger charge is -2.06. The third-order valence-corrected chi connectivity index (χ3v) is 5.46. The Kier molecular flexibility index (Phi) is 4.85. The van der Waals surface area contributed by atoms with Crippen molar-refractivity contribution in [1.29, 1.82) is 0 Å². The zero-order chi connectivity index (χ0) is 16.4. The number of nitrogens with one attached hydrogen (secondary N) is 1. The van der Waals surface area contributed by atoms with Crippen LogP contribution in [0.15, 0.2) is 42.5 Å². The van der Waals surface area contributed by atoms with Gasteiger partial charge < -0.3 is 5.32 Å². The van der Waals surface area contributed by atoms with E-state index in [1.165, 1.54) is 23.5 Å². The predicted molar refractivity (Wildman–Crippen MR) is 94.3 cm³/mol. The van der Waals surface area contributed by atoms with Crippen molar-refractivity contribution in [2.45, 2.75) is 6.42 Å². The third-order valence-electron chi connectivity index (χ3n) is 3.44. The van der Waals surface area contributed by atoms with Crippen LogP contribution in [0.3, 0.4) is 0 Å². The van der Waals surface area contributed by atoms with E-state index in [1.807, 2.05) is 24.3 Å². The minimum atomic E-state index is -0.346. The Morgan fingerprint density at radius 3 is 2.74 bits per heavy atom. The quantitative estimate of drug-likeness (QED) is 0.664. The number of fused-ring (bicyclic) bond motifs is 1. The number of carbonyl (C=O) groups excluding carboxylic acids is 1. The van der Waals surface area contributed by atoms with Crippen molar-refractivity contribution in [2.24, 2.45) is 0 Å². The average Bonchev–Trinajstić information content (AvgIpc) is 2.85. The highest BCUT2D eigenvalue weighted by atomic mass is 35.5. The van der Waals surface area contributed by atoms with Gasteiger partial charge >= 0.3 is 0 Å². The van der Waals surface area contributed by atoms with Gasteiger partial charge in [-0.1, -0.05) is 41.4 Å². The van der Waals surface area contributed by atoms with Gasteiger partial charge in [0.05, 0.1) is 5.02 Å². The maximum absolute atomic E-state index is 13.3. The highest BCUT2D eigenvalue weighted by molar-refractivity contribution is 7.21. The first-order chi connectivity index (χ1) is 11.1. The van der Waals surface area contributed by atoms with Crippen molar-refractivity contribution < 1.29 is 9.18 Å². The molecule has 3 aromatic rings. The second-order valence-corrected chi connectivity index (χ2v) is 6.82. The summed E-state index contributed by atoms with van der Waals surface area (Å²) in [5, 5.41) is 4.55. The summed E-state index contributed by atoms with van der Waals surface area (Å²) in [7, 11) is 0. The Labute approximate surface area is 146 Å². The molecule has 0 atom stereocenters. The van der Waals surface area contributed by atoms with Crippen LogP contribution in [-0.4, -0.2) is 12.5 Å². The zero-order valence-electron chi connectivity index (χ0n) is 11.9. The Morgan fingerprint density at radius 2 is 1.96 bits per heavy atom. The normalized spacial score (nSPS) is 10.9. The first-order valence-electron chi connectivity index (χ1n) is 6.95. The predicted octanol–water partition coefficient (Wildman–Crippen LogP) is 5.32. The number of hydrogen-bond donors (Lipinski definition) is 1. The van der Waals surface area contributed by atoms with Crippen LogP contribution in [0.1, 0.15) is 15.2 Å². The number of rotatable bonds is 4. The van der Waals surface area contributed by atoms with Gasteiger partial charge in [0.1, 0.15) is 10.7 Å². The number of amides is 1. The third kappa shape index (κ3) is 3.50. The fourth-order valence-electron chi connectivity index (χ4n) is 2.28. The van der Waals surface area contributed by atoms with Gasteiger partial charge in [0.25, 0.3) is 5.91 Å². The number of carbonyl (C=O) groups is 1. The van der Waals surface area contributed by atoms with Crippen LogP contribution >= 0.6 is 34.5 Å². The summed E-state index contributed by atoms with van der Waals surface area (Å²) >= 11 is 13.5. The van der Waals surface area contributed by atoms with Crippen LogP contribution in [-0.2, 0) is 6.42 Å². The van der Waals surface area contributed by atoms with Crippen LogP contribution in [0.4, 0.5) is 4.39 Å². The number of hydrogen-bond acceptors (Lipinski definition) is 2. The molecule has 1 N–H and O–H groups in total. The molecule has 2 nitrogen and oxygen atoms in total. The lowest BCUT2D eigenvalue weighted by molar-refractivity contribution is 0.0958. The van der Waals surface area contributed by atoms with Crippen LogP contribution in [0, 0.1) is 5.82 Å². The summed E-state index contributed by atoms with van der Waals surface area (Å²) in [6.07, 6.45) is 0.628. The van der Waals surface area contributed by atoms with Crippen LogP contribution in [0.5, 0.6) is 0 Å². The highest BCUT2D eigenvalue weighted by Gasteiger charge is 2.17. The molecule has 1 aromatic heterocycles. The molecule has 0 saturated heterocycles. The average molecular weight is 368 g/mol. The Balaban J connectivity index is 1.71. The van der Waals surface area contributed by atoms with Crippen molar-refractivity contribution in [3.8, 4) is 0 Å². The van der Waals surface area contributed by atoms with E-state index in [0.29, 0.717) is 38.0 Å². The number of benzene rings is 2. The molecule has 6 heteroatoms. The first kappa shape index (κ1) is 16.2. The number of halogens is 3. The summed E-state index contributed by atoms with van der Waals surface area (Å²) in [5.74, 6) is -0.607. The summed E-state index contributed by atoms with van der Waals surface area (Å²) < 4.78 is 13.9. The van der Waals surface area contributed by atoms with E-state index < -0.39 is 0 Å². The molecule has 3 rings (SSSR count). The monoisotopic (exact) mass is 367 g/mol. The lowest BCUT2D eigenvalue weighted by atomic mass is 10.1. The van der Waals surface area contributed by atoms with Gasteiger partial charge in [0.15, 0.2) is 0 Å². The van der Waals surface area contributed by atoms with E-state index >= 15 is 0 Å². The van der Waals surface area contributed by atoms with Gasteiger partial charge in [-0.25, -0.2) is 4.39 Å². The van der Waals surface area contributed by atoms with Gasteiger partial charge in [-0.05, 0) is 36.2 Å². The molecule has 118 valence electrons. The van der Waals surface area contributed by atoms with Crippen molar-refractivity contribution in [2.75, 3.05) is 6.54 Å². The summed E-state index contributed by atoms with van der Waals surface area (Å²) in [6.45, 7) is 0.446. The maximum Gasteiger partial charge on any atom is 0.262 e. The highest BCUT2D eigenvalue weighted by Crippen LogP contribution is 2.35. The molecule has 0 bridgehead atoms. The second-order valence-electron chi connectivity index (χ2n) is 4.98. The van der Waals surface area contributed by atoms with E-state index in [4.69, 9.17) is 23.2 Å². The van der Waals surface area contributed by atoms with E-state index in [1.54, 1.807) is 6.07 Å². The molecule has 0 radical (unpaired) electrons. The molecule has 1 heterocycles. The lowest BCUT2D eigenvalue weighted by Crippen LogP contribution is -2.25. The standard InChI is InChI=1S/C17H12Cl2FNOS/c18-13-4-2-1-3-10(13)7-8-21-17(22)16-15(19)12-6-5-11(20)9-14(12)23-16/h1-6,9H,7-8H2,(H,21,22). The van der Waals surface area contributed by atoms with E-state index in [2.05, 4.69) is 5.32 Å². The molecule has 2 aromatic carbocycles. The minimum absolute atomic E-state index is 0.260. The van der Waals surface area contributed by atoms with Gasteiger partial charge in [-0.3, -0.25) is 4.79 Å². The van der Waals surface area contributed by atoms with Crippen molar-refractivity contribution in [3.63, 3.8) is 0 Å². The van der Waals surface area contributed by atoms with E-state index in [9.17, 15) is 9.18 Å². The molecule has 0 aliphatic rings. The fraction of sp³-hybridized carbons (Fsp3) is 0.118. The van der Waals surface area contributed by atoms with Gasteiger partial charge in [0.2, 0.25) is 0 Å². The van der Waals surface area contributed by atoms with E-state index in [0.717, 1.165) is 5.56 Å². The Hall–Kier alpha value is -1.62. The SMILES string of the molecule is O=C(NCCc1ccccc1Cl)c1sc2cc(F)ccc2c1Cl. The summed E-state index contributed by atoms with van der Waals surface area (Å²) in [6, 6.07) is 11.8. The Bertz CT molecular complexity index is 878. The van der Waals surface area contributed by atoms with Crippen molar-refractivity contribution in [1.82, 2.24) is 5.32 Å². The molecule has 1 amide bonds. The Morgan fingerprint density at radius 1 is 1.17 bits per heavy atom. The molecule has 0 aliphatic carbocycles. The largest absolute Gasteiger partial charge is 0.351 e. The molecule has 23 heavy (non-hydrogen) atoms. The van der Waals surface area contributed by atoms with Crippen molar-refractivity contribution >= 4 is 50.5 Å². The van der Waals surface area contributed by atoms with E-state index in [-0.39, 0.29) is 11.7 Å². The smallest absolute Gasteiger partial charge is 0.262 e. The maximum atomic E-state index is 13.3. The van der Waals surface area contributed by atoms with Gasteiger partial charge in [-0.15, -0.1) is 11.3 Å². The van der Waals surface area contributed by atoms with Crippen LogP contribution in [0.2, 0.25) is 10.0 Å². The molecular formula is C17H12Cl2FNOS. The topological polar surface area (TPSA) is 29.1 Å². The molecule has 0 fully saturated rings. The summed E-state index contributed by atoms with van der Waals surface area (Å²) in [4.78, 5) is 12.7. The minimum Gasteiger partial charge on any atom is -0.351 e. The van der Waals surface area contributed by atoms with Gasteiger partial charge in [0, 0.05) is 21.7 Å². The molecule has 0 unspecified atom stereocenters. The molecule has 0 aliphatic heterocycles. The molecular weight excluding hydrogens is 356 g/mol. The van der Waals surface area contributed by atoms with Crippen molar-refractivity contribution in [3.05, 3.63) is 68.8 Å². The van der Waals surface area contributed by atoms with Gasteiger partial charge in [-0.2, -0.15) is 0 Å². The summed E-state index contributed by atoms with van der Waals surface area (Å²) in [5.41, 5.74) is 0.971. The first-order valence-corrected chi connectivity index (χ1v) is 8.52.